The van der Waals surface area contributed by atoms with Crippen molar-refractivity contribution >= 4 is 23.6 Å². The van der Waals surface area contributed by atoms with Crippen molar-refractivity contribution in [1.82, 2.24) is 5.32 Å². The number of hydrogen-bond acceptors (Lipinski definition) is 6. The van der Waals surface area contributed by atoms with Gasteiger partial charge in [0.05, 0.1) is 10.5 Å². The van der Waals surface area contributed by atoms with Gasteiger partial charge in [0.15, 0.2) is 12.9 Å². The molecule has 0 spiro atoms. The Morgan fingerprint density at radius 1 is 1.23 bits per heavy atom. The van der Waals surface area contributed by atoms with E-state index in [0.29, 0.717) is 12.8 Å². The maximum Gasteiger partial charge on any atom is 0.270 e. The number of carbonyl (C=O) groups excluding carboxylic acids is 2. The van der Waals surface area contributed by atoms with Crippen molar-refractivity contribution in [2.24, 2.45) is 0 Å². The number of nitrogens with zero attached hydrogens (tertiary/aromatic N) is 2. The first-order chi connectivity index (χ1) is 12.4. The lowest BCUT2D eigenvalue weighted by atomic mass is 10.2. The van der Waals surface area contributed by atoms with Crippen molar-refractivity contribution in [2.75, 3.05) is 25.6 Å². The topological polar surface area (TPSA) is 102 Å². The number of non-ortho nitro benzene ring substituents is 1. The summed E-state index contributed by atoms with van der Waals surface area (Å²) in [6, 6.07) is 11.3. The SMILES string of the molecule is CN(C)c1ccc(CNC(=O)COc2ccc([N+](=O)[O-])cc2C=O)cc1. The summed E-state index contributed by atoms with van der Waals surface area (Å²) < 4.78 is 5.29. The first kappa shape index (κ1) is 18.9. The van der Waals surface area contributed by atoms with E-state index < -0.39 is 4.92 Å². The van der Waals surface area contributed by atoms with Gasteiger partial charge in [0.25, 0.3) is 11.6 Å². The second kappa shape index (κ2) is 8.61. The zero-order valence-corrected chi connectivity index (χ0v) is 14.5. The van der Waals surface area contributed by atoms with E-state index in [0.717, 1.165) is 17.3 Å². The van der Waals surface area contributed by atoms with Gasteiger partial charge in [0, 0.05) is 38.5 Å². The Morgan fingerprint density at radius 2 is 1.92 bits per heavy atom. The Bertz CT molecular complexity index is 803. The molecule has 0 saturated heterocycles. The molecule has 0 aromatic heterocycles. The van der Waals surface area contributed by atoms with Crippen molar-refractivity contribution in [2.45, 2.75) is 6.54 Å². The van der Waals surface area contributed by atoms with Crippen LogP contribution in [0.5, 0.6) is 5.75 Å². The summed E-state index contributed by atoms with van der Waals surface area (Å²) in [4.78, 5) is 35.0. The number of ether oxygens (including phenoxy) is 1. The predicted octanol–water partition coefficient (Wildman–Crippen LogP) is 2.17. The third-order valence-corrected chi connectivity index (χ3v) is 3.63. The number of rotatable bonds is 8. The molecule has 1 amide bonds. The molecule has 0 radical (unpaired) electrons. The van der Waals surface area contributed by atoms with Crippen LogP contribution in [0.4, 0.5) is 11.4 Å². The van der Waals surface area contributed by atoms with Gasteiger partial charge in [-0.1, -0.05) is 12.1 Å². The number of carbonyl (C=O) groups is 2. The monoisotopic (exact) mass is 357 g/mol. The lowest BCUT2D eigenvalue weighted by Gasteiger charge is -2.13. The number of benzene rings is 2. The highest BCUT2D eigenvalue weighted by Crippen LogP contribution is 2.22. The summed E-state index contributed by atoms with van der Waals surface area (Å²) in [5, 5.41) is 13.4. The lowest BCUT2D eigenvalue weighted by Crippen LogP contribution is -2.28. The summed E-state index contributed by atoms with van der Waals surface area (Å²) in [6.45, 7) is 0.0468. The zero-order chi connectivity index (χ0) is 19.1. The fraction of sp³-hybridized carbons (Fsp3) is 0.222. The quantitative estimate of drug-likeness (QED) is 0.441. The van der Waals surface area contributed by atoms with E-state index in [1.165, 1.54) is 12.1 Å². The summed E-state index contributed by atoms with van der Waals surface area (Å²) in [6.07, 6.45) is 0.451. The lowest BCUT2D eigenvalue weighted by molar-refractivity contribution is -0.384. The molecule has 8 nitrogen and oxygen atoms in total. The maximum atomic E-state index is 11.9. The minimum absolute atomic E-state index is 0.0197. The summed E-state index contributed by atoms with van der Waals surface area (Å²) in [5.74, 6) is -0.243. The third-order valence-electron chi connectivity index (χ3n) is 3.63. The van der Waals surface area contributed by atoms with Crippen LogP contribution < -0.4 is 15.0 Å². The molecule has 26 heavy (non-hydrogen) atoms. The van der Waals surface area contributed by atoms with Crippen LogP contribution in [0.15, 0.2) is 42.5 Å². The first-order valence-corrected chi connectivity index (χ1v) is 7.80. The number of anilines is 1. The highest BCUT2D eigenvalue weighted by atomic mass is 16.6. The normalized spacial score (nSPS) is 10.1. The second-order valence-electron chi connectivity index (χ2n) is 5.72. The van der Waals surface area contributed by atoms with E-state index in [4.69, 9.17) is 4.74 Å². The van der Waals surface area contributed by atoms with Crippen molar-refractivity contribution in [3.63, 3.8) is 0 Å². The van der Waals surface area contributed by atoms with Gasteiger partial charge in [-0.2, -0.15) is 0 Å². The molecule has 0 saturated carbocycles. The fourth-order valence-electron chi connectivity index (χ4n) is 2.18. The number of amides is 1. The molecule has 2 rings (SSSR count). The molecular formula is C18H19N3O5. The van der Waals surface area contributed by atoms with Crippen LogP contribution in [0.1, 0.15) is 15.9 Å². The Labute approximate surface area is 150 Å². The van der Waals surface area contributed by atoms with Crippen molar-refractivity contribution in [1.29, 1.82) is 0 Å². The highest BCUT2D eigenvalue weighted by Gasteiger charge is 2.12. The largest absolute Gasteiger partial charge is 0.483 e. The van der Waals surface area contributed by atoms with E-state index in [-0.39, 0.29) is 29.5 Å². The summed E-state index contributed by atoms with van der Waals surface area (Å²) in [7, 11) is 3.89. The predicted molar refractivity (Wildman–Crippen MR) is 96.6 cm³/mol. The number of nitro benzene ring substituents is 1. The molecule has 8 heteroatoms. The van der Waals surface area contributed by atoms with Gasteiger partial charge in [0.2, 0.25) is 0 Å². The van der Waals surface area contributed by atoms with Crippen LogP contribution in [0.2, 0.25) is 0 Å². The van der Waals surface area contributed by atoms with Crippen LogP contribution >= 0.6 is 0 Å². The van der Waals surface area contributed by atoms with Gasteiger partial charge in [-0.05, 0) is 23.8 Å². The third kappa shape index (κ3) is 5.04. The first-order valence-electron chi connectivity index (χ1n) is 7.80. The maximum absolute atomic E-state index is 11.9. The molecule has 0 bridgehead atoms. The van der Waals surface area contributed by atoms with E-state index in [1.54, 1.807) is 0 Å². The minimum Gasteiger partial charge on any atom is -0.483 e. The van der Waals surface area contributed by atoms with Crippen molar-refractivity contribution in [3.05, 3.63) is 63.7 Å². The molecule has 1 N–H and O–H groups in total. The number of nitro groups is 1. The molecular weight excluding hydrogens is 338 g/mol. The summed E-state index contributed by atoms with van der Waals surface area (Å²) >= 11 is 0. The van der Waals surface area contributed by atoms with Crippen LogP contribution in [0.3, 0.4) is 0 Å². The Balaban J connectivity index is 1.88. The van der Waals surface area contributed by atoms with Crippen LogP contribution in [-0.4, -0.2) is 37.8 Å². The smallest absolute Gasteiger partial charge is 0.270 e. The Morgan fingerprint density at radius 3 is 2.50 bits per heavy atom. The van der Waals surface area contributed by atoms with Gasteiger partial charge >= 0.3 is 0 Å². The van der Waals surface area contributed by atoms with Gasteiger partial charge in [-0.3, -0.25) is 19.7 Å². The van der Waals surface area contributed by atoms with E-state index in [9.17, 15) is 19.7 Å². The van der Waals surface area contributed by atoms with Crippen molar-refractivity contribution in [3.8, 4) is 5.75 Å². The fourth-order valence-corrected chi connectivity index (χ4v) is 2.18. The van der Waals surface area contributed by atoms with Gasteiger partial charge in [-0.25, -0.2) is 0 Å². The Kier molecular flexibility index (Phi) is 6.26. The molecule has 0 aliphatic heterocycles. The zero-order valence-electron chi connectivity index (χ0n) is 14.5. The molecule has 0 unspecified atom stereocenters. The van der Waals surface area contributed by atoms with Crippen LogP contribution in [0, 0.1) is 10.1 Å². The molecule has 0 aliphatic rings. The van der Waals surface area contributed by atoms with E-state index in [1.807, 2.05) is 43.3 Å². The van der Waals surface area contributed by atoms with Crippen LogP contribution in [-0.2, 0) is 11.3 Å². The number of nitrogens with one attached hydrogen (secondary N) is 1. The Hall–Kier alpha value is -3.42. The van der Waals surface area contributed by atoms with Crippen molar-refractivity contribution < 1.29 is 19.2 Å². The highest BCUT2D eigenvalue weighted by molar-refractivity contribution is 5.82. The van der Waals surface area contributed by atoms with E-state index in [2.05, 4.69) is 5.32 Å². The molecule has 2 aromatic rings. The second-order valence-corrected chi connectivity index (χ2v) is 5.72. The molecule has 2 aromatic carbocycles. The number of aldehydes is 1. The van der Waals surface area contributed by atoms with Gasteiger partial charge < -0.3 is 15.0 Å². The molecule has 0 atom stereocenters. The average Bonchev–Trinajstić information content (AvgIpc) is 2.64. The van der Waals surface area contributed by atoms with Gasteiger partial charge in [-0.15, -0.1) is 0 Å². The molecule has 0 aliphatic carbocycles. The van der Waals surface area contributed by atoms with Crippen LogP contribution in [0.25, 0.3) is 0 Å². The van der Waals surface area contributed by atoms with E-state index >= 15 is 0 Å². The molecule has 0 fully saturated rings. The van der Waals surface area contributed by atoms with Gasteiger partial charge in [0.1, 0.15) is 5.75 Å². The summed E-state index contributed by atoms with van der Waals surface area (Å²) in [5.41, 5.74) is 1.80. The molecule has 136 valence electrons. The average molecular weight is 357 g/mol. The minimum atomic E-state index is -0.606. The number of hydrogen-bond donors (Lipinski definition) is 1. The molecule has 0 heterocycles. The standard InChI is InChI=1S/C18H19N3O5/c1-20(2)15-5-3-13(4-6-15)10-19-18(23)12-26-17-8-7-16(21(24)25)9-14(17)11-22/h3-9,11H,10,12H2,1-2H3,(H,19,23).